The molecule has 118 valence electrons. The first-order valence-corrected chi connectivity index (χ1v) is 8.47. The molecule has 7 heteroatoms. The number of thiazole rings is 1. The van der Waals surface area contributed by atoms with Gasteiger partial charge in [0.05, 0.1) is 5.69 Å². The Morgan fingerprint density at radius 3 is 2.96 bits per heavy atom. The van der Waals surface area contributed by atoms with Gasteiger partial charge in [0.2, 0.25) is 5.91 Å². The highest BCUT2D eigenvalue weighted by atomic mass is 35.5. The van der Waals surface area contributed by atoms with Crippen LogP contribution in [0.2, 0.25) is 10.2 Å². The SMILES string of the molecule is CN(Cc1ccccc1Cl)C(=O)/C=C/c1c(Cl)nc2sccn12. The van der Waals surface area contributed by atoms with Crippen molar-refractivity contribution in [3.63, 3.8) is 0 Å². The third-order valence-electron chi connectivity index (χ3n) is 3.38. The van der Waals surface area contributed by atoms with E-state index < -0.39 is 0 Å². The third kappa shape index (κ3) is 3.42. The Labute approximate surface area is 147 Å². The van der Waals surface area contributed by atoms with Gasteiger partial charge in [0.1, 0.15) is 0 Å². The predicted molar refractivity (Wildman–Crippen MR) is 95.0 cm³/mol. The number of halogens is 2. The van der Waals surface area contributed by atoms with Crippen LogP contribution in [0.15, 0.2) is 41.9 Å². The molecule has 4 nitrogen and oxygen atoms in total. The summed E-state index contributed by atoms with van der Waals surface area (Å²) in [6.45, 7) is 0.441. The average Bonchev–Trinajstić information content (AvgIpc) is 3.08. The normalized spacial score (nSPS) is 11.4. The summed E-state index contributed by atoms with van der Waals surface area (Å²) in [5.41, 5.74) is 1.60. The first-order chi connectivity index (χ1) is 11.1. The number of carbonyl (C=O) groups is 1. The maximum Gasteiger partial charge on any atom is 0.246 e. The van der Waals surface area contributed by atoms with Gasteiger partial charge in [-0.15, -0.1) is 11.3 Å². The van der Waals surface area contributed by atoms with E-state index in [4.69, 9.17) is 23.2 Å². The summed E-state index contributed by atoms with van der Waals surface area (Å²) in [6, 6.07) is 7.47. The van der Waals surface area contributed by atoms with Gasteiger partial charge in [-0.1, -0.05) is 41.4 Å². The minimum Gasteiger partial charge on any atom is -0.338 e. The number of aromatic nitrogens is 2. The number of amides is 1. The molecule has 23 heavy (non-hydrogen) atoms. The van der Waals surface area contributed by atoms with Crippen molar-refractivity contribution in [2.24, 2.45) is 0 Å². The summed E-state index contributed by atoms with van der Waals surface area (Å²) < 4.78 is 1.85. The molecule has 1 amide bonds. The maximum atomic E-state index is 12.3. The molecule has 0 aliphatic heterocycles. The number of nitrogens with zero attached hydrogens (tertiary/aromatic N) is 3. The summed E-state index contributed by atoms with van der Waals surface area (Å²) in [4.78, 5) is 18.9. The molecule has 0 aliphatic carbocycles. The molecule has 0 saturated heterocycles. The van der Waals surface area contributed by atoms with Crippen LogP contribution in [0.5, 0.6) is 0 Å². The number of rotatable bonds is 4. The van der Waals surface area contributed by atoms with E-state index in [9.17, 15) is 4.79 Å². The monoisotopic (exact) mass is 365 g/mol. The zero-order chi connectivity index (χ0) is 16.4. The average molecular weight is 366 g/mol. The van der Waals surface area contributed by atoms with Gasteiger partial charge in [-0.3, -0.25) is 9.20 Å². The van der Waals surface area contributed by atoms with Gasteiger partial charge in [-0.05, 0) is 17.7 Å². The van der Waals surface area contributed by atoms with E-state index in [1.54, 1.807) is 18.0 Å². The lowest BCUT2D eigenvalue weighted by Gasteiger charge is -2.16. The van der Waals surface area contributed by atoms with Gasteiger partial charge in [0, 0.05) is 36.3 Å². The minimum absolute atomic E-state index is 0.133. The van der Waals surface area contributed by atoms with Crippen LogP contribution in [0.25, 0.3) is 11.0 Å². The molecule has 2 heterocycles. The highest BCUT2D eigenvalue weighted by Gasteiger charge is 2.11. The number of likely N-dealkylation sites (N-methyl/N-ethyl adjacent to an activating group) is 1. The van der Waals surface area contributed by atoms with E-state index in [1.165, 1.54) is 17.4 Å². The van der Waals surface area contributed by atoms with Crippen LogP contribution >= 0.6 is 34.5 Å². The molecular weight excluding hydrogens is 353 g/mol. The largest absolute Gasteiger partial charge is 0.338 e. The molecule has 2 aromatic heterocycles. The highest BCUT2D eigenvalue weighted by Crippen LogP contribution is 2.22. The second-order valence-corrected chi connectivity index (χ2v) is 6.60. The summed E-state index contributed by atoms with van der Waals surface area (Å²) in [5.74, 6) is -0.133. The van der Waals surface area contributed by atoms with E-state index >= 15 is 0 Å². The molecule has 0 saturated carbocycles. The second-order valence-electron chi connectivity index (χ2n) is 4.96. The van der Waals surface area contributed by atoms with Crippen LogP contribution in [0.4, 0.5) is 0 Å². The Morgan fingerprint density at radius 1 is 1.39 bits per heavy atom. The topological polar surface area (TPSA) is 37.6 Å². The molecular formula is C16H13Cl2N3OS. The number of imidazole rings is 1. The van der Waals surface area contributed by atoms with Crippen LogP contribution in [-0.2, 0) is 11.3 Å². The molecule has 0 spiro atoms. The fourth-order valence-corrected chi connectivity index (χ4v) is 3.36. The molecule has 0 fully saturated rings. The minimum atomic E-state index is -0.133. The zero-order valence-electron chi connectivity index (χ0n) is 12.2. The first-order valence-electron chi connectivity index (χ1n) is 6.84. The van der Waals surface area contributed by atoms with Gasteiger partial charge < -0.3 is 4.90 Å². The van der Waals surface area contributed by atoms with Crippen molar-refractivity contribution in [1.82, 2.24) is 14.3 Å². The van der Waals surface area contributed by atoms with Crippen molar-refractivity contribution in [3.05, 3.63) is 63.4 Å². The van der Waals surface area contributed by atoms with Crippen LogP contribution < -0.4 is 0 Å². The van der Waals surface area contributed by atoms with Crippen LogP contribution in [0, 0.1) is 0 Å². The molecule has 0 radical (unpaired) electrons. The molecule has 1 aromatic carbocycles. The van der Waals surface area contributed by atoms with Gasteiger partial charge in [0.15, 0.2) is 10.1 Å². The zero-order valence-corrected chi connectivity index (χ0v) is 14.6. The summed E-state index contributed by atoms with van der Waals surface area (Å²) in [7, 11) is 1.73. The van der Waals surface area contributed by atoms with E-state index in [1.807, 2.05) is 40.2 Å². The Kier molecular flexibility index (Phi) is 4.71. The van der Waals surface area contributed by atoms with E-state index in [2.05, 4.69) is 4.98 Å². The Morgan fingerprint density at radius 2 is 2.17 bits per heavy atom. The molecule has 0 N–H and O–H groups in total. The van der Waals surface area contributed by atoms with Gasteiger partial charge in [-0.2, -0.15) is 0 Å². The lowest BCUT2D eigenvalue weighted by molar-refractivity contribution is -0.125. The van der Waals surface area contributed by atoms with E-state index in [0.717, 1.165) is 10.5 Å². The van der Waals surface area contributed by atoms with Crippen molar-refractivity contribution in [1.29, 1.82) is 0 Å². The number of hydrogen-bond donors (Lipinski definition) is 0. The summed E-state index contributed by atoms with van der Waals surface area (Å²) in [5, 5.41) is 2.95. The fourth-order valence-electron chi connectivity index (χ4n) is 2.16. The lowest BCUT2D eigenvalue weighted by atomic mass is 10.2. The van der Waals surface area contributed by atoms with E-state index in [-0.39, 0.29) is 5.91 Å². The van der Waals surface area contributed by atoms with Crippen molar-refractivity contribution in [2.45, 2.75) is 6.54 Å². The standard InChI is InChI=1S/C16H13Cl2N3OS/c1-20(10-11-4-2-3-5-12(11)17)14(22)7-6-13-15(18)19-16-21(13)8-9-23-16/h2-9H,10H2,1H3/b7-6+. The van der Waals surface area contributed by atoms with Gasteiger partial charge in [-0.25, -0.2) is 4.98 Å². The molecule has 0 atom stereocenters. The first kappa shape index (κ1) is 16.1. The van der Waals surface area contributed by atoms with E-state index in [0.29, 0.717) is 22.4 Å². The Hall–Kier alpha value is -1.82. The predicted octanol–water partition coefficient (Wildman–Crippen LogP) is 4.37. The molecule has 0 bridgehead atoms. The number of carbonyl (C=O) groups excluding carboxylic acids is 1. The number of benzene rings is 1. The molecule has 3 rings (SSSR count). The van der Waals surface area contributed by atoms with Crippen molar-refractivity contribution < 1.29 is 4.79 Å². The molecule has 0 aliphatic rings. The van der Waals surface area contributed by atoms with Gasteiger partial charge in [0.25, 0.3) is 0 Å². The Bertz CT molecular complexity index is 884. The maximum absolute atomic E-state index is 12.3. The Balaban J connectivity index is 1.74. The quantitative estimate of drug-likeness (QED) is 0.643. The molecule has 3 aromatic rings. The third-order valence-corrected chi connectivity index (χ3v) is 4.78. The second kappa shape index (κ2) is 6.74. The van der Waals surface area contributed by atoms with Crippen LogP contribution in [0.3, 0.4) is 0 Å². The number of hydrogen-bond acceptors (Lipinski definition) is 3. The van der Waals surface area contributed by atoms with Crippen molar-refractivity contribution >= 4 is 51.5 Å². The smallest absolute Gasteiger partial charge is 0.246 e. The number of fused-ring (bicyclic) bond motifs is 1. The molecule has 0 unspecified atom stereocenters. The van der Waals surface area contributed by atoms with Crippen molar-refractivity contribution in [2.75, 3.05) is 7.05 Å². The van der Waals surface area contributed by atoms with Crippen LogP contribution in [0.1, 0.15) is 11.3 Å². The van der Waals surface area contributed by atoms with Crippen molar-refractivity contribution in [3.8, 4) is 0 Å². The summed E-state index contributed by atoms with van der Waals surface area (Å²) >= 11 is 13.7. The fraction of sp³-hybridized carbons (Fsp3) is 0.125. The summed E-state index contributed by atoms with van der Waals surface area (Å²) in [6.07, 6.45) is 5.04. The lowest BCUT2D eigenvalue weighted by Crippen LogP contribution is -2.24. The van der Waals surface area contributed by atoms with Gasteiger partial charge >= 0.3 is 0 Å². The highest BCUT2D eigenvalue weighted by molar-refractivity contribution is 7.15. The van der Waals surface area contributed by atoms with Crippen LogP contribution in [-0.4, -0.2) is 27.2 Å².